The number of nitro benzene ring substituents is 1. The van der Waals surface area contributed by atoms with Crippen LogP contribution in [0.2, 0.25) is 0 Å². The molecule has 1 atom stereocenters. The zero-order valence-corrected chi connectivity index (χ0v) is 13.1. The van der Waals surface area contributed by atoms with Crippen LogP contribution in [0.25, 0.3) is 0 Å². The Hall–Kier alpha value is -3.00. The Morgan fingerprint density at radius 2 is 2.08 bits per heavy atom. The molecule has 0 unspecified atom stereocenters. The van der Waals surface area contributed by atoms with Gasteiger partial charge in [0.15, 0.2) is 5.75 Å². The molecule has 1 fully saturated rings. The minimum absolute atomic E-state index is 0.0821. The molecule has 1 N–H and O–H groups in total. The number of phenols is 1. The fraction of sp³-hybridized carbons (Fsp3) is 0.235. The van der Waals surface area contributed by atoms with Crippen molar-refractivity contribution in [1.29, 1.82) is 0 Å². The molecule has 0 aliphatic carbocycles. The smallest absolute Gasteiger partial charge is 0.311 e. The summed E-state index contributed by atoms with van der Waals surface area (Å²) in [6, 6.07) is 9.64. The van der Waals surface area contributed by atoms with E-state index >= 15 is 0 Å². The SMILES string of the molecule is O=C(c1ccc(O)c([N+](=O)[O-])c1)N1CCO[C@@H](c2ccccc2F)C1. The molecule has 2 aromatic rings. The number of carbonyl (C=O) groups is 1. The first-order valence-corrected chi connectivity index (χ1v) is 7.60. The normalized spacial score (nSPS) is 17.3. The zero-order valence-electron chi connectivity index (χ0n) is 13.1. The third kappa shape index (κ3) is 3.43. The lowest BCUT2D eigenvalue weighted by molar-refractivity contribution is -0.385. The fourth-order valence-electron chi connectivity index (χ4n) is 2.74. The van der Waals surface area contributed by atoms with Gasteiger partial charge < -0.3 is 14.7 Å². The summed E-state index contributed by atoms with van der Waals surface area (Å²) in [6.07, 6.45) is -0.606. The number of amides is 1. The van der Waals surface area contributed by atoms with Crippen molar-refractivity contribution in [1.82, 2.24) is 4.90 Å². The van der Waals surface area contributed by atoms with E-state index in [-0.39, 0.29) is 18.7 Å². The molecule has 1 aliphatic heterocycles. The number of nitro groups is 1. The van der Waals surface area contributed by atoms with Crippen molar-refractivity contribution in [3.63, 3.8) is 0 Å². The maximum Gasteiger partial charge on any atom is 0.311 e. The predicted molar refractivity (Wildman–Crippen MR) is 85.8 cm³/mol. The summed E-state index contributed by atoms with van der Waals surface area (Å²) in [5.74, 6) is -1.36. The van der Waals surface area contributed by atoms with E-state index in [0.717, 1.165) is 12.1 Å². The van der Waals surface area contributed by atoms with Gasteiger partial charge in [0.05, 0.1) is 18.1 Å². The molecule has 0 aromatic heterocycles. The summed E-state index contributed by atoms with van der Waals surface area (Å²) in [6.45, 7) is 0.651. The number of phenolic OH excluding ortho intramolecular Hbond substituents is 1. The van der Waals surface area contributed by atoms with Crippen molar-refractivity contribution in [2.24, 2.45) is 0 Å². The predicted octanol–water partition coefficient (Wildman–Crippen LogP) is 2.65. The number of halogens is 1. The number of rotatable bonds is 3. The Morgan fingerprint density at radius 1 is 1.32 bits per heavy atom. The van der Waals surface area contributed by atoms with E-state index in [9.17, 15) is 24.4 Å². The highest BCUT2D eigenvalue weighted by atomic mass is 19.1. The number of carbonyl (C=O) groups excluding carboxylic acids is 1. The first kappa shape index (κ1) is 16.8. The molecule has 1 heterocycles. The van der Waals surface area contributed by atoms with Gasteiger partial charge in [0.25, 0.3) is 5.91 Å². The molecule has 3 rings (SSSR count). The molecule has 7 nitrogen and oxygen atoms in total. The Labute approximate surface area is 142 Å². The summed E-state index contributed by atoms with van der Waals surface area (Å²) < 4.78 is 19.5. The molecule has 130 valence electrons. The van der Waals surface area contributed by atoms with E-state index in [2.05, 4.69) is 0 Å². The van der Waals surface area contributed by atoms with Crippen LogP contribution in [-0.4, -0.2) is 40.5 Å². The Morgan fingerprint density at radius 3 is 2.80 bits per heavy atom. The van der Waals surface area contributed by atoms with E-state index in [1.807, 2.05) is 0 Å². The van der Waals surface area contributed by atoms with Crippen molar-refractivity contribution < 1.29 is 24.0 Å². The second kappa shape index (κ2) is 6.86. The second-order valence-corrected chi connectivity index (χ2v) is 5.59. The monoisotopic (exact) mass is 346 g/mol. The maximum atomic E-state index is 13.9. The van der Waals surface area contributed by atoms with Crippen LogP contribution in [0.15, 0.2) is 42.5 Å². The molecule has 1 saturated heterocycles. The average molecular weight is 346 g/mol. The number of benzene rings is 2. The van der Waals surface area contributed by atoms with E-state index < -0.39 is 34.2 Å². The summed E-state index contributed by atoms with van der Waals surface area (Å²) >= 11 is 0. The topological polar surface area (TPSA) is 92.9 Å². The number of nitrogens with zero attached hydrogens (tertiary/aromatic N) is 2. The Bertz CT molecular complexity index is 826. The second-order valence-electron chi connectivity index (χ2n) is 5.59. The van der Waals surface area contributed by atoms with Gasteiger partial charge >= 0.3 is 5.69 Å². The molecule has 0 radical (unpaired) electrons. The van der Waals surface area contributed by atoms with Crippen LogP contribution in [0.1, 0.15) is 22.0 Å². The molecule has 1 amide bonds. The lowest BCUT2D eigenvalue weighted by Crippen LogP contribution is -2.42. The van der Waals surface area contributed by atoms with Crippen molar-refractivity contribution in [3.05, 3.63) is 69.5 Å². The van der Waals surface area contributed by atoms with Gasteiger partial charge in [-0.2, -0.15) is 0 Å². The first-order valence-electron chi connectivity index (χ1n) is 7.60. The summed E-state index contributed by atoms with van der Waals surface area (Å²) in [5.41, 5.74) is -0.0971. The third-order valence-electron chi connectivity index (χ3n) is 4.02. The average Bonchev–Trinajstić information content (AvgIpc) is 2.62. The molecule has 1 aliphatic rings. The van der Waals surface area contributed by atoms with Gasteiger partial charge in [-0.3, -0.25) is 14.9 Å². The Balaban J connectivity index is 1.82. The lowest BCUT2D eigenvalue weighted by atomic mass is 10.1. The van der Waals surface area contributed by atoms with Crippen molar-refractivity contribution >= 4 is 11.6 Å². The molecule has 0 spiro atoms. The van der Waals surface area contributed by atoms with Gasteiger partial charge in [-0.15, -0.1) is 0 Å². The van der Waals surface area contributed by atoms with Gasteiger partial charge in [-0.1, -0.05) is 18.2 Å². The maximum absolute atomic E-state index is 13.9. The van der Waals surface area contributed by atoms with Crippen LogP contribution in [0.4, 0.5) is 10.1 Å². The summed E-state index contributed by atoms with van der Waals surface area (Å²) in [4.78, 5) is 24.2. The van der Waals surface area contributed by atoms with E-state index in [1.54, 1.807) is 18.2 Å². The molecular formula is C17H15FN2O5. The number of aromatic hydroxyl groups is 1. The van der Waals surface area contributed by atoms with E-state index in [4.69, 9.17) is 4.74 Å². The van der Waals surface area contributed by atoms with Crippen molar-refractivity contribution in [3.8, 4) is 5.75 Å². The highest BCUT2D eigenvalue weighted by Gasteiger charge is 2.28. The van der Waals surface area contributed by atoms with Gasteiger partial charge in [0.1, 0.15) is 11.9 Å². The van der Waals surface area contributed by atoms with Gasteiger partial charge in [0.2, 0.25) is 0 Å². The number of hydrogen-bond acceptors (Lipinski definition) is 5. The largest absolute Gasteiger partial charge is 0.502 e. The minimum Gasteiger partial charge on any atom is -0.502 e. The molecule has 2 aromatic carbocycles. The van der Waals surface area contributed by atoms with Crippen molar-refractivity contribution in [2.45, 2.75) is 6.10 Å². The highest BCUT2D eigenvalue weighted by molar-refractivity contribution is 5.95. The van der Waals surface area contributed by atoms with Crippen LogP contribution < -0.4 is 0 Å². The zero-order chi connectivity index (χ0) is 18.0. The molecule has 0 bridgehead atoms. The van der Waals surface area contributed by atoms with E-state index in [0.29, 0.717) is 12.1 Å². The van der Waals surface area contributed by atoms with Gasteiger partial charge in [-0.25, -0.2) is 4.39 Å². The van der Waals surface area contributed by atoms with Crippen LogP contribution >= 0.6 is 0 Å². The fourth-order valence-corrected chi connectivity index (χ4v) is 2.74. The third-order valence-corrected chi connectivity index (χ3v) is 4.02. The van der Waals surface area contributed by atoms with Crippen LogP contribution in [-0.2, 0) is 4.74 Å². The van der Waals surface area contributed by atoms with Gasteiger partial charge in [0, 0.05) is 23.7 Å². The number of morpholine rings is 1. The van der Waals surface area contributed by atoms with Gasteiger partial charge in [-0.05, 0) is 18.2 Å². The quantitative estimate of drug-likeness (QED) is 0.681. The first-order chi connectivity index (χ1) is 12.0. The number of ether oxygens (including phenoxy) is 1. The van der Waals surface area contributed by atoms with Crippen molar-refractivity contribution in [2.75, 3.05) is 19.7 Å². The summed E-state index contributed by atoms with van der Waals surface area (Å²) in [7, 11) is 0. The highest BCUT2D eigenvalue weighted by Crippen LogP contribution is 2.29. The standard InChI is InChI=1S/C17H15FN2O5/c18-13-4-2-1-3-12(13)16-10-19(7-8-25-16)17(22)11-5-6-15(21)14(9-11)20(23)24/h1-6,9,16,21H,7-8,10H2/t16-/m1/s1. The van der Waals surface area contributed by atoms with Crippen LogP contribution in [0.3, 0.4) is 0 Å². The minimum atomic E-state index is -0.756. The van der Waals surface area contributed by atoms with Crippen LogP contribution in [0, 0.1) is 15.9 Å². The molecule has 8 heteroatoms. The summed E-state index contributed by atoms with van der Waals surface area (Å²) in [5, 5.41) is 20.4. The Kier molecular flexibility index (Phi) is 4.62. The molecule has 0 saturated carbocycles. The lowest BCUT2D eigenvalue weighted by Gasteiger charge is -2.33. The number of hydrogen-bond donors (Lipinski definition) is 1. The molecule has 25 heavy (non-hydrogen) atoms. The van der Waals surface area contributed by atoms with E-state index in [1.165, 1.54) is 17.0 Å². The molecular weight excluding hydrogens is 331 g/mol. The van der Waals surface area contributed by atoms with Crippen LogP contribution in [0.5, 0.6) is 5.75 Å².